The van der Waals surface area contributed by atoms with Crippen LogP contribution in [0, 0.1) is 0 Å². The Hall–Kier alpha value is -3.15. The summed E-state index contributed by atoms with van der Waals surface area (Å²) in [5.74, 6) is -1.38. The molecule has 0 atom stereocenters. The van der Waals surface area contributed by atoms with E-state index in [1.807, 2.05) is 47.8 Å². The number of urea groups is 1. The smallest absolute Gasteiger partial charge is 0.338 e. The minimum absolute atomic E-state index is 0.403. The fourth-order valence-corrected chi connectivity index (χ4v) is 2.24. The lowest BCUT2D eigenvalue weighted by molar-refractivity contribution is -0.123. The number of hydrogen-bond donors (Lipinski definition) is 2. The first-order chi connectivity index (χ1) is 11.6. The normalized spacial score (nSPS) is 10.0. The van der Waals surface area contributed by atoms with Crippen LogP contribution in [0.25, 0.3) is 0 Å². The SMILES string of the molecule is NC(=O)NC(=O)COC(=O)c1ccccc1CCc1ccccc1. The van der Waals surface area contributed by atoms with Crippen LogP contribution in [0.1, 0.15) is 21.5 Å². The van der Waals surface area contributed by atoms with Crippen LogP contribution in [0.4, 0.5) is 4.79 Å². The lowest BCUT2D eigenvalue weighted by Gasteiger charge is -2.09. The third-order valence-corrected chi connectivity index (χ3v) is 3.36. The third-order valence-electron chi connectivity index (χ3n) is 3.36. The summed E-state index contributed by atoms with van der Waals surface area (Å²) in [6, 6.07) is 16.0. The van der Waals surface area contributed by atoms with E-state index in [-0.39, 0.29) is 0 Å². The summed E-state index contributed by atoms with van der Waals surface area (Å²) in [7, 11) is 0. The van der Waals surface area contributed by atoms with Crippen LogP contribution in [-0.2, 0) is 22.4 Å². The Balaban J connectivity index is 1.98. The van der Waals surface area contributed by atoms with Crippen LogP contribution >= 0.6 is 0 Å². The Bertz CT molecular complexity index is 729. The zero-order chi connectivity index (χ0) is 17.4. The molecule has 6 nitrogen and oxygen atoms in total. The molecule has 0 aliphatic rings. The molecule has 0 aliphatic carbocycles. The summed E-state index contributed by atoms with van der Waals surface area (Å²) >= 11 is 0. The van der Waals surface area contributed by atoms with Crippen molar-refractivity contribution in [1.82, 2.24) is 5.32 Å². The number of nitrogens with two attached hydrogens (primary N) is 1. The lowest BCUT2D eigenvalue weighted by atomic mass is 10.00. The van der Waals surface area contributed by atoms with Gasteiger partial charge in [0.1, 0.15) is 0 Å². The van der Waals surface area contributed by atoms with E-state index in [1.54, 1.807) is 12.1 Å². The Morgan fingerprint density at radius 1 is 0.917 bits per heavy atom. The summed E-state index contributed by atoms with van der Waals surface area (Å²) in [6.45, 7) is -0.561. The molecule has 0 aromatic heterocycles. The second-order valence-electron chi connectivity index (χ2n) is 5.13. The Morgan fingerprint density at radius 3 is 2.29 bits per heavy atom. The number of esters is 1. The predicted molar refractivity (Wildman–Crippen MR) is 88.3 cm³/mol. The predicted octanol–water partition coefficient (Wildman–Crippen LogP) is 1.82. The molecule has 2 aromatic rings. The maximum atomic E-state index is 12.1. The van der Waals surface area contributed by atoms with Crippen LogP contribution in [0.15, 0.2) is 54.6 Å². The van der Waals surface area contributed by atoms with Crippen molar-refractivity contribution >= 4 is 17.9 Å². The largest absolute Gasteiger partial charge is 0.452 e. The van der Waals surface area contributed by atoms with Crippen LogP contribution in [-0.4, -0.2) is 24.5 Å². The molecule has 3 N–H and O–H groups in total. The van der Waals surface area contributed by atoms with E-state index in [1.165, 1.54) is 5.56 Å². The summed E-state index contributed by atoms with van der Waals surface area (Å²) in [4.78, 5) is 34.0. The molecule has 2 aromatic carbocycles. The van der Waals surface area contributed by atoms with Crippen molar-refractivity contribution in [2.24, 2.45) is 5.73 Å². The highest BCUT2D eigenvalue weighted by Crippen LogP contribution is 2.14. The number of hydrogen-bond acceptors (Lipinski definition) is 4. The topological polar surface area (TPSA) is 98.5 Å². The number of benzene rings is 2. The standard InChI is InChI=1S/C18H18N2O4/c19-18(23)20-16(21)12-24-17(22)15-9-5-4-8-14(15)11-10-13-6-2-1-3-7-13/h1-9H,10-12H2,(H3,19,20,21,23). The third kappa shape index (κ3) is 5.24. The summed E-state index contributed by atoms with van der Waals surface area (Å²) < 4.78 is 4.92. The number of aryl methyl sites for hydroxylation is 2. The van der Waals surface area contributed by atoms with Gasteiger partial charge in [-0.25, -0.2) is 9.59 Å². The minimum atomic E-state index is -0.987. The van der Waals surface area contributed by atoms with Gasteiger partial charge in [0.25, 0.3) is 5.91 Å². The highest BCUT2D eigenvalue weighted by atomic mass is 16.5. The maximum Gasteiger partial charge on any atom is 0.338 e. The zero-order valence-electron chi connectivity index (χ0n) is 13.0. The van der Waals surface area contributed by atoms with Gasteiger partial charge < -0.3 is 10.5 Å². The summed E-state index contributed by atoms with van der Waals surface area (Å²) in [5.41, 5.74) is 7.22. The van der Waals surface area contributed by atoms with Gasteiger partial charge in [0, 0.05) is 0 Å². The van der Waals surface area contributed by atoms with E-state index in [2.05, 4.69) is 0 Å². The molecule has 124 valence electrons. The van der Waals surface area contributed by atoms with E-state index in [4.69, 9.17) is 10.5 Å². The lowest BCUT2D eigenvalue weighted by Crippen LogP contribution is -2.37. The van der Waals surface area contributed by atoms with Gasteiger partial charge in [-0.1, -0.05) is 48.5 Å². The number of carbonyl (C=O) groups is 3. The Labute approximate surface area is 139 Å². The molecule has 0 heterocycles. The molecule has 0 radical (unpaired) electrons. The number of rotatable bonds is 6. The average molecular weight is 326 g/mol. The molecule has 0 unspecified atom stereocenters. The Morgan fingerprint density at radius 2 is 1.58 bits per heavy atom. The molecule has 2 rings (SSSR count). The number of carbonyl (C=O) groups excluding carboxylic acids is 3. The number of nitrogens with one attached hydrogen (secondary N) is 1. The first kappa shape index (κ1) is 17.2. The molecule has 0 saturated heterocycles. The fourth-order valence-electron chi connectivity index (χ4n) is 2.24. The fraction of sp³-hybridized carbons (Fsp3) is 0.167. The summed E-state index contributed by atoms with van der Waals surface area (Å²) in [6.07, 6.45) is 1.45. The number of primary amides is 1. The van der Waals surface area contributed by atoms with E-state index in [0.717, 1.165) is 12.0 Å². The monoisotopic (exact) mass is 326 g/mol. The minimum Gasteiger partial charge on any atom is -0.452 e. The number of imide groups is 1. The van der Waals surface area contributed by atoms with Crippen molar-refractivity contribution in [3.63, 3.8) is 0 Å². The Kier molecular flexibility index (Phi) is 6.08. The first-order valence-electron chi connectivity index (χ1n) is 7.44. The van der Waals surface area contributed by atoms with Crippen LogP contribution in [0.5, 0.6) is 0 Å². The van der Waals surface area contributed by atoms with Gasteiger partial charge in [-0.15, -0.1) is 0 Å². The summed E-state index contributed by atoms with van der Waals surface area (Å²) in [5, 5.41) is 1.83. The number of ether oxygens (including phenoxy) is 1. The van der Waals surface area contributed by atoms with Crippen molar-refractivity contribution in [3.05, 3.63) is 71.3 Å². The van der Waals surface area contributed by atoms with Crippen molar-refractivity contribution in [2.75, 3.05) is 6.61 Å². The zero-order valence-corrected chi connectivity index (χ0v) is 13.0. The molecule has 24 heavy (non-hydrogen) atoms. The first-order valence-corrected chi connectivity index (χ1v) is 7.44. The van der Waals surface area contributed by atoms with E-state index in [9.17, 15) is 14.4 Å². The molecule has 3 amide bonds. The quantitative estimate of drug-likeness (QED) is 0.791. The molecular formula is C18H18N2O4. The van der Waals surface area contributed by atoms with Gasteiger partial charge in [0.15, 0.2) is 6.61 Å². The van der Waals surface area contributed by atoms with Crippen LogP contribution < -0.4 is 11.1 Å². The molecule has 0 spiro atoms. The molecule has 0 saturated carbocycles. The molecule has 0 fully saturated rings. The van der Waals surface area contributed by atoms with Crippen molar-refractivity contribution in [2.45, 2.75) is 12.8 Å². The number of amides is 3. The molecular weight excluding hydrogens is 308 g/mol. The van der Waals surface area contributed by atoms with Crippen molar-refractivity contribution in [3.8, 4) is 0 Å². The van der Waals surface area contributed by atoms with Gasteiger partial charge in [0.05, 0.1) is 5.56 Å². The van der Waals surface area contributed by atoms with Crippen LogP contribution in [0.3, 0.4) is 0 Å². The highest BCUT2D eigenvalue weighted by molar-refractivity contribution is 5.96. The average Bonchev–Trinajstić information content (AvgIpc) is 2.58. The van der Waals surface area contributed by atoms with Crippen molar-refractivity contribution < 1.29 is 19.1 Å². The van der Waals surface area contributed by atoms with Gasteiger partial charge in [0.2, 0.25) is 0 Å². The van der Waals surface area contributed by atoms with Gasteiger partial charge in [-0.3, -0.25) is 10.1 Å². The molecule has 0 aliphatic heterocycles. The highest BCUT2D eigenvalue weighted by Gasteiger charge is 2.14. The van der Waals surface area contributed by atoms with Crippen LogP contribution in [0.2, 0.25) is 0 Å². The van der Waals surface area contributed by atoms with E-state index < -0.39 is 24.5 Å². The molecule has 6 heteroatoms. The van der Waals surface area contributed by atoms with Crippen molar-refractivity contribution in [1.29, 1.82) is 0 Å². The maximum absolute atomic E-state index is 12.1. The van der Waals surface area contributed by atoms with E-state index >= 15 is 0 Å². The second kappa shape index (κ2) is 8.47. The van der Waals surface area contributed by atoms with E-state index in [0.29, 0.717) is 12.0 Å². The van der Waals surface area contributed by atoms with Gasteiger partial charge in [-0.05, 0) is 30.0 Å². The second-order valence-corrected chi connectivity index (χ2v) is 5.13. The van der Waals surface area contributed by atoms with Gasteiger partial charge in [-0.2, -0.15) is 0 Å². The van der Waals surface area contributed by atoms with Gasteiger partial charge >= 0.3 is 12.0 Å². The molecule has 0 bridgehead atoms.